The average molecular weight is 715 g/mol. The van der Waals surface area contributed by atoms with Crippen LogP contribution in [0.1, 0.15) is 68.9 Å². The van der Waals surface area contributed by atoms with Crippen LogP contribution in [0.15, 0.2) is 46.8 Å². The number of rotatable bonds is 9. The van der Waals surface area contributed by atoms with Gasteiger partial charge in [-0.15, -0.1) is 11.3 Å². The summed E-state index contributed by atoms with van der Waals surface area (Å²) in [5.41, 5.74) is 1.35. The zero-order valence-electron chi connectivity index (χ0n) is 25.4. The number of hydrogen-bond donors (Lipinski definition) is 2. The zero-order chi connectivity index (χ0) is 34.4. The van der Waals surface area contributed by atoms with Crippen molar-refractivity contribution in [2.45, 2.75) is 54.6 Å². The van der Waals surface area contributed by atoms with E-state index in [-0.39, 0.29) is 35.6 Å². The van der Waals surface area contributed by atoms with E-state index in [2.05, 4.69) is 20.7 Å². The number of hydrogen-bond acceptors (Lipinski definition) is 7. The van der Waals surface area contributed by atoms with Gasteiger partial charge < -0.3 is 10.6 Å². The molecule has 1 saturated carbocycles. The molecule has 3 aliphatic rings. The van der Waals surface area contributed by atoms with Gasteiger partial charge in [0.1, 0.15) is 29.6 Å². The third-order valence-electron chi connectivity index (χ3n) is 9.16. The van der Waals surface area contributed by atoms with Crippen molar-refractivity contribution >= 4 is 45.3 Å². The fraction of sp³-hybridized carbons (Fsp3) is 0.303. The summed E-state index contributed by atoms with van der Waals surface area (Å²) in [6.07, 6.45) is -1.39. The minimum atomic E-state index is -3.43. The van der Waals surface area contributed by atoms with Gasteiger partial charge in [0.25, 0.3) is 18.3 Å². The number of benzene rings is 2. The maximum absolute atomic E-state index is 15.2. The number of aromatic nitrogens is 4. The lowest BCUT2D eigenvalue weighted by atomic mass is 9.93. The smallest absolute Gasteiger partial charge is 0.293 e. The molecule has 0 spiro atoms. The summed E-state index contributed by atoms with van der Waals surface area (Å²) in [5.74, 6) is -8.13. The zero-order valence-corrected chi connectivity index (χ0v) is 27.0. The number of carbonyl (C=O) groups is 2. The second kappa shape index (κ2) is 11.6. The van der Waals surface area contributed by atoms with Crippen molar-refractivity contribution in [1.29, 1.82) is 0 Å². The van der Waals surface area contributed by atoms with Gasteiger partial charge in [-0.25, -0.2) is 27.5 Å². The van der Waals surface area contributed by atoms with Crippen LogP contribution in [0.3, 0.4) is 0 Å². The predicted molar refractivity (Wildman–Crippen MR) is 169 cm³/mol. The number of nitrogens with one attached hydrogen (secondary N) is 2. The SMILES string of the molecule is CSc1nc2nc(C(Cc3cc(F)cc(F)c3)NC(=O)Cn3nc(C(F)F)c4c3C(F)(F)C3C[C@H]43)c(-c3ccc4c(c3)C(=O)NC4)cc2s1. The number of nitrogens with zero attached hydrogens (tertiary/aromatic N) is 4. The van der Waals surface area contributed by atoms with Crippen LogP contribution >= 0.6 is 23.1 Å². The van der Waals surface area contributed by atoms with Crippen LogP contribution < -0.4 is 10.6 Å². The van der Waals surface area contributed by atoms with Crippen LogP contribution in [0.25, 0.3) is 21.5 Å². The van der Waals surface area contributed by atoms with Crippen LogP contribution in [0.2, 0.25) is 0 Å². The monoisotopic (exact) mass is 714 g/mol. The second-order valence-electron chi connectivity index (χ2n) is 12.3. The van der Waals surface area contributed by atoms with E-state index in [1.165, 1.54) is 23.1 Å². The molecule has 3 atom stereocenters. The first-order chi connectivity index (χ1) is 23.4. The average Bonchev–Trinajstić information content (AvgIpc) is 3.29. The number of thioether (sulfide) groups is 1. The van der Waals surface area contributed by atoms with Crippen LogP contribution in [0.4, 0.5) is 26.3 Å². The molecule has 2 amide bonds. The number of alkyl halides is 4. The van der Waals surface area contributed by atoms with Gasteiger partial charge in [-0.05, 0) is 66.0 Å². The number of halogens is 6. The highest BCUT2D eigenvalue weighted by molar-refractivity contribution is 8.00. The Labute approximate surface area is 282 Å². The first kappa shape index (κ1) is 31.8. The summed E-state index contributed by atoms with van der Waals surface area (Å²) in [4.78, 5) is 35.6. The fourth-order valence-electron chi connectivity index (χ4n) is 6.96. The Hall–Kier alpha value is -4.44. The first-order valence-electron chi connectivity index (χ1n) is 15.2. The molecule has 49 heavy (non-hydrogen) atoms. The Bertz CT molecular complexity index is 2180. The van der Waals surface area contributed by atoms with E-state index in [1.807, 2.05) is 6.26 Å². The summed E-state index contributed by atoms with van der Waals surface area (Å²) < 4.78 is 89.0. The highest BCUT2D eigenvalue weighted by Crippen LogP contribution is 2.68. The molecular weight excluding hydrogens is 691 g/mol. The summed E-state index contributed by atoms with van der Waals surface area (Å²) in [7, 11) is 0. The first-order valence-corrected chi connectivity index (χ1v) is 17.2. The molecular formula is C33H24F6N6O2S2. The van der Waals surface area contributed by atoms with Crippen molar-refractivity contribution < 1.29 is 35.9 Å². The summed E-state index contributed by atoms with van der Waals surface area (Å²) in [5, 5.41) is 9.28. The number of amides is 2. The Morgan fingerprint density at radius 3 is 2.61 bits per heavy atom. The molecule has 2 unspecified atom stereocenters. The Kier molecular flexibility index (Phi) is 7.51. The fourth-order valence-corrected chi connectivity index (χ4v) is 8.42. The van der Waals surface area contributed by atoms with Crippen molar-refractivity contribution in [2.24, 2.45) is 5.92 Å². The number of thiazole rings is 1. The molecule has 0 saturated heterocycles. The van der Waals surface area contributed by atoms with Gasteiger partial charge in [0.05, 0.1) is 16.4 Å². The van der Waals surface area contributed by atoms with E-state index in [9.17, 15) is 27.2 Å². The molecule has 4 heterocycles. The molecule has 3 aromatic heterocycles. The molecule has 16 heteroatoms. The van der Waals surface area contributed by atoms with Crippen molar-refractivity contribution in [3.63, 3.8) is 0 Å². The maximum Gasteiger partial charge on any atom is 0.293 e. The van der Waals surface area contributed by atoms with Crippen molar-refractivity contribution in [3.8, 4) is 11.1 Å². The van der Waals surface area contributed by atoms with E-state index >= 15 is 8.78 Å². The molecule has 1 fully saturated rings. The summed E-state index contributed by atoms with van der Waals surface area (Å²) in [6, 6.07) is 8.83. The summed E-state index contributed by atoms with van der Waals surface area (Å²) in [6.45, 7) is -0.457. The Morgan fingerprint density at radius 2 is 1.88 bits per heavy atom. The number of fused-ring (bicyclic) bond motifs is 5. The van der Waals surface area contributed by atoms with Crippen LogP contribution in [-0.2, 0) is 30.2 Å². The molecule has 2 aromatic carbocycles. The quantitative estimate of drug-likeness (QED) is 0.126. The Balaban J connectivity index is 1.23. The molecule has 252 valence electrons. The third kappa shape index (κ3) is 5.44. The van der Waals surface area contributed by atoms with Crippen LogP contribution in [-0.4, -0.2) is 37.8 Å². The summed E-state index contributed by atoms with van der Waals surface area (Å²) >= 11 is 2.77. The van der Waals surface area contributed by atoms with E-state index in [0.29, 0.717) is 48.7 Å². The third-order valence-corrected chi connectivity index (χ3v) is 11.1. The van der Waals surface area contributed by atoms with E-state index in [1.54, 1.807) is 24.3 Å². The molecule has 2 aliphatic carbocycles. The molecule has 0 bridgehead atoms. The van der Waals surface area contributed by atoms with E-state index in [0.717, 1.165) is 17.7 Å². The Morgan fingerprint density at radius 1 is 1.10 bits per heavy atom. The van der Waals surface area contributed by atoms with Gasteiger partial charge in [-0.1, -0.05) is 23.9 Å². The lowest BCUT2D eigenvalue weighted by molar-refractivity contribution is -0.123. The molecule has 8 rings (SSSR count). The minimum absolute atomic E-state index is 0.0695. The van der Waals surface area contributed by atoms with Gasteiger partial charge >= 0.3 is 0 Å². The number of carbonyl (C=O) groups excluding carboxylic acids is 2. The molecule has 1 aliphatic heterocycles. The van der Waals surface area contributed by atoms with E-state index < -0.39 is 65.7 Å². The van der Waals surface area contributed by atoms with E-state index in [4.69, 9.17) is 4.98 Å². The normalized spacial score (nSPS) is 19.1. The number of pyridine rings is 1. The lowest BCUT2D eigenvalue weighted by Gasteiger charge is -2.23. The van der Waals surface area contributed by atoms with Crippen LogP contribution in [0.5, 0.6) is 0 Å². The van der Waals surface area contributed by atoms with Crippen LogP contribution in [0, 0.1) is 17.6 Å². The maximum atomic E-state index is 15.2. The van der Waals surface area contributed by atoms with Gasteiger partial charge in [0.15, 0.2) is 9.99 Å². The predicted octanol–water partition coefficient (Wildman–Crippen LogP) is 7.05. The molecule has 5 aromatic rings. The highest BCUT2D eigenvalue weighted by Gasteiger charge is 2.67. The molecule has 8 nitrogen and oxygen atoms in total. The van der Waals surface area contributed by atoms with Crippen molar-refractivity contribution in [3.05, 3.63) is 93.4 Å². The largest absolute Gasteiger partial charge is 0.348 e. The van der Waals surface area contributed by atoms with Gasteiger partial charge in [-0.2, -0.15) is 13.9 Å². The van der Waals surface area contributed by atoms with Crippen molar-refractivity contribution in [1.82, 2.24) is 30.4 Å². The standard InChI is InChI=1S/C33H24F6N6O2S2/c1-48-32-43-30-23(49-32)10-18(14-2-3-15-11-40-31(47)19(15)7-14)26(42-30)22(6-13-4-16(34)8-17(35)5-13)41-24(46)12-45-28-25(27(44-45)29(36)37)20-9-21(20)33(28,38)39/h2-5,7-8,10,20-22,29H,6,9,11-12H2,1H3,(H,40,47)(H,41,46)/t20-,21?,22?/m0/s1. The van der Waals surface area contributed by atoms with Crippen molar-refractivity contribution in [2.75, 3.05) is 6.26 Å². The molecule has 2 N–H and O–H groups in total. The van der Waals surface area contributed by atoms with Gasteiger partial charge in [0.2, 0.25) is 5.91 Å². The van der Waals surface area contributed by atoms with Gasteiger partial charge in [-0.3, -0.25) is 14.3 Å². The topological polar surface area (TPSA) is 102 Å². The lowest BCUT2D eigenvalue weighted by Crippen LogP contribution is -2.35. The second-order valence-corrected chi connectivity index (χ2v) is 14.3. The molecule has 0 radical (unpaired) electrons. The minimum Gasteiger partial charge on any atom is -0.348 e. The van der Waals surface area contributed by atoms with Gasteiger partial charge in [0, 0.05) is 35.2 Å². The highest BCUT2D eigenvalue weighted by atomic mass is 32.2.